The molecule has 1 N–H and O–H groups in total. The molecule has 0 saturated carbocycles. The minimum absolute atomic E-state index is 0.371. The maximum Gasteiger partial charge on any atom is 0.119 e. The van der Waals surface area contributed by atoms with E-state index in [1.165, 1.54) is 22.4 Å². The van der Waals surface area contributed by atoms with Crippen molar-refractivity contribution in [2.24, 2.45) is 0 Å². The van der Waals surface area contributed by atoms with Crippen LogP contribution in [0.1, 0.15) is 49.4 Å². The number of benzene rings is 2. The summed E-state index contributed by atoms with van der Waals surface area (Å²) in [6.45, 7) is 7.23. The van der Waals surface area contributed by atoms with E-state index in [9.17, 15) is 0 Å². The van der Waals surface area contributed by atoms with E-state index in [-0.39, 0.29) is 0 Å². The molecule has 2 nitrogen and oxygen atoms in total. The lowest BCUT2D eigenvalue weighted by atomic mass is 9.97. The molecule has 0 aliphatic carbocycles. The minimum Gasteiger partial charge on any atom is -0.494 e. The first kappa shape index (κ1) is 14.0. The second-order valence-corrected chi connectivity index (χ2v) is 5.94. The average Bonchev–Trinajstić information content (AvgIpc) is 2.92. The van der Waals surface area contributed by atoms with E-state index in [1.54, 1.807) is 0 Å². The molecule has 2 aromatic carbocycles. The number of para-hydroxylation sites is 1. The lowest BCUT2D eigenvalue weighted by Gasteiger charge is -2.15. The average molecular weight is 281 g/mol. The first-order valence-electron chi connectivity index (χ1n) is 7.80. The lowest BCUT2D eigenvalue weighted by molar-refractivity contribution is 0.340. The molecular formula is C19H23NO. The van der Waals surface area contributed by atoms with E-state index >= 15 is 0 Å². The molecule has 2 heteroatoms. The van der Waals surface area contributed by atoms with Crippen molar-refractivity contribution in [2.75, 3.05) is 11.9 Å². The number of fused-ring (bicyclic) bond motifs is 1. The topological polar surface area (TPSA) is 21.3 Å². The summed E-state index contributed by atoms with van der Waals surface area (Å²) in [5.74, 6) is 1.49. The summed E-state index contributed by atoms with van der Waals surface area (Å²) in [5.41, 5.74) is 5.51. The Labute approximate surface area is 127 Å². The number of hydrogen-bond donors (Lipinski definition) is 1. The van der Waals surface area contributed by atoms with Gasteiger partial charge in [-0.25, -0.2) is 0 Å². The molecule has 0 bridgehead atoms. The molecule has 0 fully saturated rings. The first-order chi connectivity index (χ1) is 10.2. The van der Waals surface area contributed by atoms with Gasteiger partial charge in [-0.1, -0.05) is 44.2 Å². The SMILES string of the molecule is CCOc1ccc(C2Cc3cccc(C(C)C)c3N2)cc1. The molecule has 21 heavy (non-hydrogen) atoms. The summed E-state index contributed by atoms with van der Waals surface area (Å²) >= 11 is 0. The van der Waals surface area contributed by atoms with Crippen molar-refractivity contribution in [1.82, 2.24) is 0 Å². The highest BCUT2D eigenvalue weighted by molar-refractivity contribution is 5.64. The number of rotatable bonds is 4. The first-order valence-corrected chi connectivity index (χ1v) is 7.80. The van der Waals surface area contributed by atoms with Crippen LogP contribution in [0.2, 0.25) is 0 Å². The quantitative estimate of drug-likeness (QED) is 0.859. The molecule has 1 atom stereocenters. The molecule has 0 aromatic heterocycles. The third kappa shape index (κ3) is 2.76. The van der Waals surface area contributed by atoms with Crippen LogP contribution >= 0.6 is 0 Å². The van der Waals surface area contributed by atoms with Crippen LogP contribution in [0.15, 0.2) is 42.5 Å². The van der Waals surface area contributed by atoms with Crippen molar-refractivity contribution < 1.29 is 4.74 Å². The third-order valence-corrected chi connectivity index (χ3v) is 4.14. The molecule has 0 saturated heterocycles. The number of ether oxygens (including phenoxy) is 1. The fourth-order valence-corrected chi connectivity index (χ4v) is 3.06. The van der Waals surface area contributed by atoms with Crippen LogP contribution in [0.4, 0.5) is 5.69 Å². The maximum absolute atomic E-state index is 5.52. The fraction of sp³-hybridized carbons (Fsp3) is 0.368. The van der Waals surface area contributed by atoms with E-state index in [0.29, 0.717) is 18.6 Å². The van der Waals surface area contributed by atoms with Gasteiger partial charge in [-0.2, -0.15) is 0 Å². The molecule has 0 radical (unpaired) electrons. The van der Waals surface area contributed by atoms with Crippen molar-refractivity contribution in [1.29, 1.82) is 0 Å². The molecule has 1 aliphatic heterocycles. The predicted molar refractivity (Wildman–Crippen MR) is 88.2 cm³/mol. The van der Waals surface area contributed by atoms with Gasteiger partial charge in [0.2, 0.25) is 0 Å². The van der Waals surface area contributed by atoms with E-state index in [0.717, 1.165) is 12.2 Å². The largest absolute Gasteiger partial charge is 0.494 e. The zero-order valence-corrected chi connectivity index (χ0v) is 13.0. The van der Waals surface area contributed by atoms with Gasteiger partial charge in [0.25, 0.3) is 0 Å². The molecule has 0 spiro atoms. The van der Waals surface area contributed by atoms with E-state index in [1.807, 2.05) is 6.92 Å². The Bertz CT molecular complexity index is 616. The Morgan fingerprint density at radius 1 is 1.14 bits per heavy atom. The van der Waals surface area contributed by atoms with Crippen LogP contribution in [-0.4, -0.2) is 6.61 Å². The minimum atomic E-state index is 0.371. The Morgan fingerprint density at radius 3 is 2.57 bits per heavy atom. The van der Waals surface area contributed by atoms with Gasteiger partial charge in [0.05, 0.1) is 12.6 Å². The summed E-state index contributed by atoms with van der Waals surface area (Å²) in [4.78, 5) is 0. The van der Waals surface area contributed by atoms with Crippen LogP contribution in [0, 0.1) is 0 Å². The zero-order valence-electron chi connectivity index (χ0n) is 13.0. The highest BCUT2D eigenvalue weighted by Gasteiger charge is 2.24. The van der Waals surface area contributed by atoms with Gasteiger partial charge in [0, 0.05) is 5.69 Å². The van der Waals surface area contributed by atoms with E-state index in [4.69, 9.17) is 4.74 Å². The normalized spacial score (nSPS) is 16.7. The Balaban J connectivity index is 1.82. The van der Waals surface area contributed by atoms with Gasteiger partial charge in [-0.05, 0) is 48.1 Å². The second kappa shape index (κ2) is 5.80. The fourth-order valence-electron chi connectivity index (χ4n) is 3.06. The van der Waals surface area contributed by atoms with Crippen molar-refractivity contribution >= 4 is 5.69 Å². The molecule has 1 unspecified atom stereocenters. The standard InChI is InChI=1S/C19H23NO/c1-4-21-16-10-8-14(9-11-16)18-12-15-6-5-7-17(13(2)3)19(15)20-18/h5-11,13,18,20H,4,12H2,1-3H3. The summed E-state index contributed by atoms with van der Waals surface area (Å²) < 4.78 is 5.52. The van der Waals surface area contributed by atoms with Crippen molar-refractivity contribution in [3.05, 3.63) is 59.2 Å². The Hall–Kier alpha value is -1.96. The Kier molecular flexibility index (Phi) is 3.87. The molecular weight excluding hydrogens is 258 g/mol. The molecule has 1 aliphatic rings. The van der Waals surface area contributed by atoms with Gasteiger partial charge < -0.3 is 10.1 Å². The molecule has 2 aromatic rings. The van der Waals surface area contributed by atoms with Crippen molar-refractivity contribution in [2.45, 2.75) is 39.2 Å². The molecule has 0 amide bonds. The van der Waals surface area contributed by atoms with Gasteiger partial charge in [0.1, 0.15) is 5.75 Å². The number of nitrogens with one attached hydrogen (secondary N) is 1. The summed E-state index contributed by atoms with van der Waals surface area (Å²) in [7, 11) is 0. The highest BCUT2D eigenvalue weighted by atomic mass is 16.5. The van der Waals surface area contributed by atoms with E-state index in [2.05, 4.69) is 61.6 Å². The van der Waals surface area contributed by atoms with Crippen LogP contribution in [0.25, 0.3) is 0 Å². The summed E-state index contributed by atoms with van der Waals surface area (Å²) in [6, 6.07) is 15.5. The van der Waals surface area contributed by atoms with Gasteiger partial charge in [-0.15, -0.1) is 0 Å². The summed E-state index contributed by atoms with van der Waals surface area (Å²) in [6.07, 6.45) is 1.06. The molecule has 3 rings (SSSR count). The lowest BCUT2D eigenvalue weighted by Crippen LogP contribution is -2.06. The third-order valence-electron chi connectivity index (χ3n) is 4.14. The van der Waals surface area contributed by atoms with Crippen LogP contribution in [0.3, 0.4) is 0 Å². The van der Waals surface area contributed by atoms with Crippen molar-refractivity contribution in [3.63, 3.8) is 0 Å². The second-order valence-electron chi connectivity index (χ2n) is 5.94. The molecule has 1 heterocycles. The van der Waals surface area contributed by atoms with Gasteiger partial charge in [0.15, 0.2) is 0 Å². The highest BCUT2D eigenvalue weighted by Crippen LogP contribution is 2.39. The number of anilines is 1. The number of hydrogen-bond acceptors (Lipinski definition) is 2. The monoisotopic (exact) mass is 281 g/mol. The van der Waals surface area contributed by atoms with Gasteiger partial charge in [-0.3, -0.25) is 0 Å². The predicted octanol–water partition coefficient (Wildman–Crippen LogP) is 4.92. The molecule has 110 valence electrons. The van der Waals surface area contributed by atoms with Crippen LogP contribution in [-0.2, 0) is 6.42 Å². The maximum atomic E-state index is 5.52. The van der Waals surface area contributed by atoms with Gasteiger partial charge >= 0.3 is 0 Å². The van der Waals surface area contributed by atoms with Crippen LogP contribution in [0.5, 0.6) is 5.75 Å². The summed E-state index contributed by atoms with van der Waals surface area (Å²) in [5, 5.41) is 3.71. The zero-order chi connectivity index (χ0) is 14.8. The van der Waals surface area contributed by atoms with Crippen molar-refractivity contribution in [3.8, 4) is 5.75 Å². The smallest absolute Gasteiger partial charge is 0.119 e. The van der Waals surface area contributed by atoms with Crippen LogP contribution < -0.4 is 10.1 Å². The van der Waals surface area contributed by atoms with E-state index < -0.39 is 0 Å². The Morgan fingerprint density at radius 2 is 1.90 bits per heavy atom.